The Morgan fingerprint density at radius 3 is 2.24 bits per heavy atom. The lowest BCUT2D eigenvalue weighted by Crippen LogP contribution is -2.50. The molecule has 198 valence electrons. The topological polar surface area (TPSA) is 139 Å². The number of ketones is 2. The second-order valence-corrected chi connectivity index (χ2v) is 9.22. The molecule has 1 fully saturated rings. The number of rotatable bonds is 13. The van der Waals surface area contributed by atoms with Crippen molar-refractivity contribution in [3.63, 3.8) is 0 Å². The molecule has 1 aromatic rings. The summed E-state index contributed by atoms with van der Waals surface area (Å²) in [5.41, 5.74) is 0.656. The van der Waals surface area contributed by atoms with Crippen LogP contribution in [0.15, 0.2) is 54.6 Å². The summed E-state index contributed by atoms with van der Waals surface area (Å²) in [6.45, 7) is 6.95. The van der Waals surface area contributed by atoms with Gasteiger partial charge in [-0.05, 0) is 24.5 Å². The number of amides is 4. The molecule has 9 heteroatoms. The Hall–Kier alpha value is -3.88. The summed E-state index contributed by atoms with van der Waals surface area (Å²) in [6.07, 6.45) is 6.26. The molecule has 5 atom stereocenters. The monoisotopic (exact) mass is 509 g/mol. The average Bonchev–Trinajstić information content (AvgIpc) is 3.12. The standard InChI is InChI=1S/C28H35N3O6/c1-5-7-9-14-20(32)15-22(33)29-21(19-12-10-8-11-13-19)16-23(34)30-25(17(3)6-2)26(35)24-18(4)27(36)31-28(24)37/h5,7-14,17-18,21,24-25H,6,15-16H2,1-4H3,(H,29,33)(H,30,34)(H,31,36,37)/b7-5+,14-9+/t17?,18-,21-,24+,25-/m0/s1. The fraction of sp³-hybridized carbons (Fsp3) is 0.429. The maximum Gasteiger partial charge on any atom is 0.238 e. The van der Waals surface area contributed by atoms with E-state index in [1.165, 1.54) is 13.0 Å². The number of carbonyl (C=O) groups excluding carboxylic acids is 6. The summed E-state index contributed by atoms with van der Waals surface area (Å²) in [5.74, 6) is -5.40. The van der Waals surface area contributed by atoms with E-state index in [4.69, 9.17) is 0 Å². The quantitative estimate of drug-likeness (QED) is 0.161. The summed E-state index contributed by atoms with van der Waals surface area (Å²) in [5, 5.41) is 7.65. The van der Waals surface area contributed by atoms with Gasteiger partial charge in [0.05, 0.1) is 30.8 Å². The predicted octanol–water partition coefficient (Wildman–Crippen LogP) is 2.33. The fourth-order valence-corrected chi connectivity index (χ4v) is 4.08. The molecule has 0 aliphatic carbocycles. The molecule has 37 heavy (non-hydrogen) atoms. The first kappa shape index (κ1) is 29.4. The Balaban J connectivity index is 2.17. The molecule has 4 amide bonds. The van der Waals surface area contributed by atoms with Crippen molar-refractivity contribution in [1.82, 2.24) is 16.0 Å². The molecule has 1 aliphatic rings. The van der Waals surface area contributed by atoms with E-state index in [0.717, 1.165) is 0 Å². The zero-order valence-corrected chi connectivity index (χ0v) is 21.7. The fourth-order valence-electron chi connectivity index (χ4n) is 4.08. The number of allylic oxidation sites excluding steroid dienone is 4. The van der Waals surface area contributed by atoms with Crippen molar-refractivity contribution in [1.29, 1.82) is 0 Å². The zero-order valence-electron chi connectivity index (χ0n) is 21.7. The van der Waals surface area contributed by atoms with Crippen LogP contribution in [0.4, 0.5) is 0 Å². The van der Waals surface area contributed by atoms with Gasteiger partial charge in [-0.1, -0.05) is 75.8 Å². The summed E-state index contributed by atoms with van der Waals surface area (Å²) in [7, 11) is 0. The number of carbonyl (C=O) groups is 6. The van der Waals surface area contributed by atoms with E-state index >= 15 is 0 Å². The molecular weight excluding hydrogens is 474 g/mol. The van der Waals surface area contributed by atoms with Crippen molar-refractivity contribution in [2.45, 2.75) is 59.0 Å². The molecule has 1 saturated heterocycles. The van der Waals surface area contributed by atoms with Gasteiger partial charge in [0.1, 0.15) is 5.92 Å². The second-order valence-electron chi connectivity index (χ2n) is 9.22. The molecule has 1 aromatic carbocycles. The van der Waals surface area contributed by atoms with E-state index in [1.807, 2.05) is 6.92 Å². The van der Waals surface area contributed by atoms with Crippen LogP contribution in [0.5, 0.6) is 0 Å². The minimum atomic E-state index is -1.17. The molecule has 1 heterocycles. The SMILES string of the molecule is C/C=C/C=C/C(=O)CC(=O)N[C@@H](CC(=O)N[C@H](C(=O)[C@@H]1C(=O)NC(=O)[C@H]1C)C(C)CC)c1ccccc1. The maximum atomic E-state index is 13.3. The molecule has 9 nitrogen and oxygen atoms in total. The number of benzene rings is 1. The van der Waals surface area contributed by atoms with Crippen LogP contribution in [-0.2, 0) is 28.8 Å². The highest BCUT2D eigenvalue weighted by atomic mass is 16.2. The molecule has 0 spiro atoms. The molecule has 3 N–H and O–H groups in total. The third kappa shape index (κ3) is 8.34. The summed E-state index contributed by atoms with van der Waals surface area (Å²) >= 11 is 0. The van der Waals surface area contributed by atoms with E-state index in [0.29, 0.717) is 12.0 Å². The van der Waals surface area contributed by atoms with E-state index in [2.05, 4.69) is 16.0 Å². The van der Waals surface area contributed by atoms with Crippen LogP contribution in [0, 0.1) is 17.8 Å². The first-order valence-corrected chi connectivity index (χ1v) is 12.4. The Morgan fingerprint density at radius 2 is 1.68 bits per heavy atom. The molecule has 0 saturated carbocycles. The smallest absolute Gasteiger partial charge is 0.238 e. The minimum absolute atomic E-state index is 0.191. The third-order valence-electron chi connectivity index (χ3n) is 6.43. The van der Waals surface area contributed by atoms with Gasteiger partial charge < -0.3 is 10.6 Å². The van der Waals surface area contributed by atoms with Crippen molar-refractivity contribution in [3.8, 4) is 0 Å². The van der Waals surface area contributed by atoms with Crippen LogP contribution in [0.25, 0.3) is 0 Å². The molecule has 0 bridgehead atoms. The maximum absolute atomic E-state index is 13.3. The van der Waals surface area contributed by atoms with E-state index in [9.17, 15) is 28.8 Å². The Morgan fingerprint density at radius 1 is 1.00 bits per heavy atom. The van der Waals surface area contributed by atoms with Gasteiger partial charge in [0, 0.05) is 0 Å². The Kier molecular flexibility index (Phi) is 11.1. The molecule has 2 rings (SSSR count). The highest BCUT2D eigenvalue weighted by molar-refractivity contribution is 6.16. The third-order valence-corrected chi connectivity index (χ3v) is 6.43. The normalized spacial score (nSPS) is 19.9. The van der Waals surface area contributed by atoms with Gasteiger partial charge in [0.15, 0.2) is 11.6 Å². The van der Waals surface area contributed by atoms with Gasteiger partial charge in [-0.25, -0.2) is 0 Å². The van der Waals surface area contributed by atoms with Crippen LogP contribution >= 0.6 is 0 Å². The minimum Gasteiger partial charge on any atom is -0.348 e. The van der Waals surface area contributed by atoms with Crippen LogP contribution in [0.3, 0.4) is 0 Å². The first-order chi connectivity index (χ1) is 17.6. The summed E-state index contributed by atoms with van der Waals surface area (Å²) < 4.78 is 0. The van der Waals surface area contributed by atoms with Gasteiger partial charge in [0.25, 0.3) is 0 Å². The van der Waals surface area contributed by atoms with Crippen molar-refractivity contribution < 1.29 is 28.8 Å². The van der Waals surface area contributed by atoms with E-state index in [-0.39, 0.29) is 24.5 Å². The molecule has 0 radical (unpaired) electrons. The Bertz CT molecular complexity index is 1080. The van der Waals surface area contributed by atoms with Gasteiger partial charge in [-0.2, -0.15) is 0 Å². The Labute approximate surface area is 217 Å². The zero-order chi connectivity index (χ0) is 27.5. The van der Waals surface area contributed by atoms with Crippen molar-refractivity contribution >= 4 is 35.2 Å². The molecule has 0 aromatic heterocycles. The molecular formula is C28H35N3O6. The van der Waals surface area contributed by atoms with Crippen molar-refractivity contribution in [2.24, 2.45) is 17.8 Å². The highest BCUT2D eigenvalue weighted by Crippen LogP contribution is 2.25. The van der Waals surface area contributed by atoms with Gasteiger partial charge in [0.2, 0.25) is 23.6 Å². The van der Waals surface area contributed by atoms with E-state index < -0.39 is 53.3 Å². The highest BCUT2D eigenvalue weighted by Gasteiger charge is 2.46. The molecule has 1 unspecified atom stereocenters. The van der Waals surface area contributed by atoms with E-state index in [1.54, 1.807) is 62.4 Å². The average molecular weight is 510 g/mol. The van der Waals surface area contributed by atoms with Crippen LogP contribution < -0.4 is 16.0 Å². The van der Waals surface area contributed by atoms with Gasteiger partial charge in [-0.15, -0.1) is 0 Å². The molecule has 1 aliphatic heterocycles. The van der Waals surface area contributed by atoms with Crippen molar-refractivity contribution in [3.05, 3.63) is 60.2 Å². The van der Waals surface area contributed by atoms with Crippen LogP contribution in [-0.4, -0.2) is 41.2 Å². The first-order valence-electron chi connectivity index (χ1n) is 12.4. The second kappa shape index (κ2) is 14.0. The summed E-state index contributed by atoms with van der Waals surface area (Å²) in [4.78, 5) is 75.1. The number of hydrogen-bond acceptors (Lipinski definition) is 6. The van der Waals surface area contributed by atoms with Crippen LogP contribution in [0.1, 0.15) is 58.6 Å². The van der Waals surface area contributed by atoms with Gasteiger partial charge in [-0.3, -0.25) is 34.1 Å². The van der Waals surface area contributed by atoms with Gasteiger partial charge >= 0.3 is 0 Å². The lowest BCUT2D eigenvalue weighted by molar-refractivity contribution is -0.138. The number of nitrogens with one attached hydrogen (secondary N) is 3. The number of hydrogen-bond donors (Lipinski definition) is 3. The number of imide groups is 1. The lowest BCUT2D eigenvalue weighted by Gasteiger charge is -2.27. The van der Waals surface area contributed by atoms with Crippen molar-refractivity contribution in [2.75, 3.05) is 0 Å². The lowest BCUT2D eigenvalue weighted by atomic mass is 9.83. The summed E-state index contributed by atoms with van der Waals surface area (Å²) in [6, 6.07) is 7.10. The number of Topliss-reactive ketones (excluding diaryl/α,β-unsaturated/α-hetero) is 1. The largest absolute Gasteiger partial charge is 0.348 e. The van der Waals surface area contributed by atoms with Crippen LogP contribution in [0.2, 0.25) is 0 Å². The predicted molar refractivity (Wildman–Crippen MR) is 138 cm³/mol.